The van der Waals surface area contributed by atoms with Crippen molar-refractivity contribution in [3.63, 3.8) is 0 Å². The number of rotatable bonds is 4. The van der Waals surface area contributed by atoms with Gasteiger partial charge < -0.3 is 15.0 Å². The van der Waals surface area contributed by atoms with Crippen LogP contribution in [0.4, 0.5) is 5.82 Å². The van der Waals surface area contributed by atoms with Crippen molar-refractivity contribution < 1.29 is 9.53 Å². The molecule has 3 heterocycles. The Balaban J connectivity index is 1.49. The lowest BCUT2D eigenvalue weighted by Gasteiger charge is -2.34. The van der Waals surface area contributed by atoms with E-state index in [0.717, 1.165) is 50.4 Å². The number of aryl methyl sites for hydroxylation is 1. The van der Waals surface area contributed by atoms with Gasteiger partial charge in [-0.3, -0.25) is 9.69 Å². The zero-order valence-corrected chi connectivity index (χ0v) is 14.9. The fourth-order valence-electron chi connectivity index (χ4n) is 3.68. The first-order valence-electron chi connectivity index (χ1n) is 8.79. The minimum Gasteiger partial charge on any atom is -0.380 e. The van der Waals surface area contributed by atoms with E-state index in [1.54, 1.807) is 7.11 Å². The minimum absolute atomic E-state index is 0.0635. The first-order chi connectivity index (χ1) is 11.6. The molecule has 1 aromatic heterocycles. The second-order valence-corrected chi connectivity index (χ2v) is 6.96. The van der Waals surface area contributed by atoms with Crippen LogP contribution in [-0.2, 0) is 9.53 Å². The number of hydrogen-bond acceptors (Lipinski definition) is 5. The summed E-state index contributed by atoms with van der Waals surface area (Å²) in [7, 11) is 3.71. The maximum absolute atomic E-state index is 12.5. The highest BCUT2D eigenvalue weighted by Crippen LogP contribution is 2.21. The molecule has 0 radical (unpaired) electrons. The number of anilines is 1. The van der Waals surface area contributed by atoms with E-state index < -0.39 is 0 Å². The Morgan fingerprint density at radius 3 is 2.71 bits per heavy atom. The predicted molar refractivity (Wildman–Crippen MR) is 94.2 cm³/mol. The fraction of sp³-hybridized carbons (Fsp3) is 0.667. The molecule has 1 amide bonds. The SMILES string of the molecule is CO[C@H]1C[C@@H](C(=O)NC2CCN(c3cccc(C)n3)CC2)N(C)C1. The monoisotopic (exact) mass is 332 g/mol. The van der Waals surface area contributed by atoms with E-state index >= 15 is 0 Å². The number of aromatic nitrogens is 1. The van der Waals surface area contributed by atoms with Gasteiger partial charge in [-0.25, -0.2) is 4.98 Å². The zero-order chi connectivity index (χ0) is 17.1. The van der Waals surface area contributed by atoms with E-state index in [0.29, 0.717) is 0 Å². The van der Waals surface area contributed by atoms with Crippen molar-refractivity contribution in [2.45, 2.75) is 44.4 Å². The van der Waals surface area contributed by atoms with Crippen molar-refractivity contribution in [3.05, 3.63) is 23.9 Å². The summed E-state index contributed by atoms with van der Waals surface area (Å²) in [4.78, 5) is 21.5. The maximum atomic E-state index is 12.5. The molecule has 0 aromatic carbocycles. The Morgan fingerprint density at radius 2 is 2.08 bits per heavy atom. The topological polar surface area (TPSA) is 57.7 Å². The molecule has 2 atom stereocenters. The smallest absolute Gasteiger partial charge is 0.237 e. The van der Waals surface area contributed by atoms with Crippen LogP contribution < -0.4 is 10.2 Å². The normalized spacial score (nSPS) is 25.9. The molecule has 2 fully saturated rings. The van der Waals surface area contributed by atoms with Crippen molar-refractivity contribution >= 4 is 11.7 Å². The molecular formula is C18H28N4O2. The summed E-state index contributed by atoms with van der Waals surface area (Å²) in [6, 6.07) is 6.32. The first-order valence-corrected chi connectivity index (χ1v) is 8.79. The van der Waals surface area contributed by atoms with Crippen molar-refractivity contribution in [2.24, 2.45) is 0 Å². The molecule has 0 saturated carbocycles. The zero-order valence-electron chi connectivity index (χ0n) is 14.9. The lowest BCUT2D eigenvalue weighted by Crippen LogP contribution is -2.49. The van der Waals surface area contributed by atoms with Gasteiger partial charge in [-0.1, -0.05) is 6.07 Å². The number of amides is 1. The number of piperidine rings is 1. The van der Waals surface area contributed by atoms with Crippen LogP contribution in [0.5, 0.6) is 0 Å². The summed E-state index contributed by atoms with van der Waals surface area (Å²) in [5.74, 6) is 1.18. The number of nitrogens with one attached hydrogen (secondary N) is 1. The third kappa shape index (κ3) is 3.87. The van der Waals surface area contributed by atoms with E-state index in [1.165, 1.54) is 0 Å². The van der Waals surface area contributed by atoms with Crippen LogP contribution >= 0.6 is 0 Å². The van der Waals surface area contributed by atoms with Crippen LogP contribution in [0.3, 0.4) is 0 Å². The molecule has 0 bridgehead atoms. The number of likely N-dealkylation sites (tertiary alicyclic amines) is 1. The van der Waals surface area contributed by atoms with E-state index in [4.69, 9.17) is 4.74 Å². The third-order valence-corrected chi connectivity index (χ3v) is 5.18. The van der Waals surface area contributed by atoms with Gasteiger partial charge in [0, 0.05) is 38.5 Å². The van der Waals surface area contributed by atoms with Gasteiger partial charge in [0.15, 0.2) is 0 Å². The quantitative estimate of drug-likeness (QED) is 0.898. The van der Waals surface area contributed by atoms with Crippen LogP contribution in [0.1, 0.15) is 25.0 Å². The Labute approximate surface area is 144 Å². The van der Waals surface area contributed by atoms with Crippen LogP contribution in [-0.4, -0.2) is 67.8 Å². The number of carbonyl (C=O) groups is 1. The summed E-state index contributed by atoms with van der Waals surface area (Å²) in [5.41, 5.74) is 1.04. The van der Waals surface area contributed by atoms with Crippen molar-refractivity contribution in [3.8, 4) is 0 Å². The summed E-state index contributed by atoms with van der Waals surface area (Å²) in [6.07, 6.45) is 2.88. The lowest BCUT2D eigenvalue weighted by molar-refractivity contribution is -0.126. The number of nitrogens with zero attached hydrogens (tertiary/aromatic N) is 3. The molecule has 0 unspecified atom stereocenters. The molecule has 3 rings (SSSR count). The second-order valence-electron chi connectivity index (χ2n) is 6.96. The van der Waals surface area contributed by atoms with E-state index in [2.05, 4.69) is 26.2 Å². The highest BCUT2D eigenvalue weighted by molar-refractivity contribution is 5.82. The van der Waals surface area contributed by atoms with Gasteiger partial charge in [0.1, 0.15) is 5.82 Å². The molecule has 1 N–H and O–H groups in total. The van der Waals surface area contributed by atoms with Gasteiger partial charge in [-0.05, 0) is 45.4 Å². The largest absolute Gasteiger partial charge is 0.380 e. The molecule has 24 heavy (non-hydrogen) atoms. The number of carbonyl (C=O) groups excluding carboxylic acids is 1. The number of ether oxygens (including phenoxy) is 1. The molecular weight excluding hydrogens is 304 g/mol. The molecule has 6 heteroatoms. The Bertz CT molecular complexity index is 572. The van der Waals surface area contributed by atoms with Gasteiger partial charge in [0.25, 0.3) is 0 Å². The van der Waals surface area contributed by atoms with Gasteiger partial charge in [0.05, 0.1) is 12.1 Å². The van der Waals surface area contributed by atoms with Crippen molar-refractivity contribution in [2.75, 3.05) is 38.7 Å². The lowest BCUT2D eigenvalue weighted by atomic mass is 10.0. The van der Waals surface area contributed by atoms with Crippen molar-refractivity contribution in [1.29, 1.82) is 0 Å². The van der Waals surface area contributed by atoms with E-state index in [-0.39, 0.29) is 24.1 Å². The van der Waals surface area contributed by atoms with E-state index in [1.807, 2.05) is 26.1 Å². The van der Waals surface area contributed by atoms with Crippen LogP contribution in [0.25, 0.3) is 0 Å². The van der Waals surface area contributed by atoms with Crippen LogP contribution in [0.15, 0.2) is 18.2 Å². The Morgan fingerprint density at radius 1 is 1.33 bits per heavy atom. The maximum Gasteiger partial charge on any atom is 0.237 e. The molecule has 6 nitrogen and oxygen atoms in total. The van der Waals surface area contributed by atoms with Gasteiger partial charge >= 0.3 is 0 Å². The molecule has 0 spiro atoms. The Kier molecular flexibility index (Phi) is 5.36. The summed E-state index contributed by atoms with van der Waals surface area (Å²) in [6.45, 7) is 4.71. The van der Waals surface area contributed by atoms with Gasteiger partial charge in [-0.2, -0.15) is 0 Å². The molecule has 2 saturated heterocycles. The molecule has 132 valence electrons. The minimum atomic E-state index is -0.0635. The average Bonchev–Trinajstić information content (AvgIpc) is 2.97. The summed E-state index contributed by atoms with van der Waals surface area (Å²) in [5, 5.41) is 3.24. The molecule has 1 aromatic rings. The predicted octanol–water partition coefficient (Wildman–Crippen LogP) is 1.19. The standard InChI is InChI=1S/C18H28N4O2/c1-13-5-4-6-17(19-13)22-9-7-14(8-10-22)20-18(23)16-11-15(24-3)12-21(16)2/h4-6,14-16H,7-12H2,1-3H3,(H,20,23)/t15-,16-/m0/s1. The van der Waals surface area contributed by atoms with Crippen LogP contribution in [0, 0.1) is 6.92 Å². The third-order valence-electron chi connectivity index (χ3n) is 5.18. The molecule has 2 aliphatic rings. The average molecular weight is 332 g/mol. The van der Waals surface area contributed by atoms with Crippen molar-refractivity contribution in [1.82, 2.24) is 15.2 Å². The highest BCUT2D eigenvalue weighted by atomic mass is 16.5. The second kappa shape index (κ2) is 7.49. The number of pyridine rings is 1. The van der Waals surface area contributed by atoms with Crippen LogP contribution in [0.2, 0.25) is 0 Å². The first kappa shape index (κ1) is 17.2. The number of hydrogen-bond donors (Lipinski definition) is 1. The summed E-state index contributed by atoms with van der Waals surface area (Å²) >= 11 is 0. The molecule has 2 aliphatic heterocycles. The summed E-state index contributed by atoms with van der Waals surface area (Å²) < 4.78 is 5.39. The number of methoxy groups -OCH3 is 1. The molecule has 0 aliphatic carbocycles. The highest BCUT2D eigenvalue weighted by Gasteiger charge is 2.35. The van der Waals surface area contributed by atoms with E-state index in [9.17, 15) is 4.79 Å². The Hall–Kier alpha value is -1.66. The van der Waals surface area contributed by atoms with Gasteiger partial charge in [-0.15, -0.1) is 0 Å². The van der Waals surface area contributed by atoms with Gasteiger partial charge in [0.2, 0.25) is 5.91 Å². The fourth-order valence-corrected chi connectivity index (χ4v) is 3.68. The number of likely N-dealkylation sites (N-methyl/N-ethyl adjacent to an activating group) is 1.